The molecule has 2 heterocycles. The van der Waals surface area contributed by atoms with Crippen LogP contribution in [0.5, 0.6) is 0 Å². The first-order chi connectivity index (χ1) is 20.8. The van der Waals surface area contributed by atoms with Crippen LogP contribution >= 0.6 is 0 Å². The quantitative estimate of drug-likeness (QED) is 0.223. The number of aliphatic hydroxyl groups excluding tert-OH is 1. The summed E-state index contributed by atoms with van der Waals surface area (Å²) in [4.78, 5) is 55.3. The normalized spacial score (nSPS) is 19.4. The molecule has 44 heavy (non-hydrogen) atoms. The van der Waals surface area contributed by atoms with Crippen molar-refractivity contribution in [3.05, 3.63) is 29.8 Å². The van der Waals surface area contributed by atoms with E-state index in [1.165, 1.54) is 7.11 Å². The minimum atomic E-state index is -0.881. The lowest BCUT2D eigenvalue weighted by Crippen LogP contribution is -2.57. The Labute approximate surface area is 261 Å². The molecule has 12 nitrogen and oxygen atoms in total. The molecule has 0 bridgehead atoms. The van der Waals surface area contributed by atoms with Gasteiger partial charge in [-0.2, -0.15) is 0 Å². The van der Waals surface area contributed by atoms with Gasteiger partial charge in [0.1, 0.15) is 6.04 Å². The third-order valence-corrected chi connectivity index (χ3v) is 8.50. The molecule has 3 rings (SSSR count). The van der Waals surface area contributed by atoms with Crippen molar-refractivity contribution >= 4 is 29.5 Å². The van der Waals surface area contributed by atoms with E-state index < -0.39 is 41.5 Å². The number of anilines is 1. The second-order valence-electron chi connectivity index (χ2n) is 13.3. The second kappa shape index (κ2) is 16.2. The molecule has 0 radical (unpaired) electrons. The van der Waals surface area contributed by atoms with E-state index in [1.54, 1.807) is 4.90 Å². The lowest BCUT2D eigenvalue weighted by Gasteiger charge is -2.39. The van der Waals surface area contributed by atoms with E-state index in [2.05, 4.69) is 20.9 Å². The van der Waals surface area contributed by atoms with Crippen LogP contribution in [-0.2, 0) is 25.5 Å². The fraction of sp³-hybridized carbons (Fsp3) is 0.688. The number of amides is 4. The van der Waals surface area contributed by atoms with E-state index in [9.17, 15) is 24.3 Å². The minimum absolute atomic E-state index is 0.121. The minimum Gasteiger partial charge on any atom is -0.453 e. The average Bonchev–Trinajstić information content (AvgIpc) is 2.98. The Bertz CT molecular complexity index is 1140. The molecule has 0 spiro atoms. The van der Waals surface area contributed by atoms with E-state index in [1.807, 2.05) is 52.0 Å². The number of nitrogens with one attached hydrogen (secondary N) is 3. The first-order valence-corrected chi connectivity index (χ1v) is 15.8. The molecule has 2 aliphatic heterocycles. The highest BCUT2D eigenvalue weighted by Gasteiger charge is 2.37. The molecule has 1 aromatic carbocycles. The number of fused-ring (bicyclic) bond motifs is 1. The van der Waals surface area contributed by atoms with Gasteiger partial charge in [0, 0.05) is 25.2 Å². The third kappa shape index (κ3) is 10.2. The van der Waals surface area contributed by atoms with Crippen LogP contribution < -0.4 is 26.6 Å². The fourth-order valence-electron chi connectivity index (χ4n) is 6.18. The molecular weight excluding hydrogens is 564 g/mol. The first kappa shape index (κ1) is 35.3. The third-order valence-electron chi connectivity index (χ3n) is 8.50. The highest BCUT2D eigenvalue weighted by molar-refractivity contribution is 5.95. The van der Waals surface area contributed by atoms with Crippen molar-refractivity contribution in [2.24, 2.45) is 17.1 Å². The molecule has 12 heteroatoms. The molecule has 2 aliphatic rings. The van der Waals surface area contributed by atoms with Crippen LogP contribution in [0.2, 0.25) is 0 Å². The number of benzene rings is 1. The molecule has 4 amide bonds. The van der Waals surface area contributed by atoms with Crippen molar-refractivity contribution in [3.63, 3.8) is 0 Å². The molecule has 0 aromatic heterocycles. The summed E-state index contributed by atoms with van der Waals surface area (Å²) in [5, 5.41) is 20.0. The van der Waals surface area contributed by atoms with Crippen LogP contribution in [0.3, 0.4) is 0 Å². The van der Waals surface area contributed by atoms with Gasteiger partial charge in [0.2, 0.25) is 17.7 Å². The Hall–Kier alpha value is -3.22. The van der Waals surface area contributed by atoms with E-state index in [0.29, 0.717) is 25.9 Å². The Morgan fingerprint density at radius 3 is 2.41 bits per heavy atom. The van der Waals surface area contributed by atoms with Crippen molar-refractivity contribution in [2.75, 3.05) is 44.7 Å². The van der Waals surface area contributed by atoms with Gasteiger partial charge >= 0.3 is 6.09 Å². The maximum atomic E-state index is 13.9. The van der Waals surface area contributed by atoms with Crippen LogP contribution in [-0.4, -0.2) is 97.9 Å². The van der Waals surface area contributed by atoms with Crippen LogP contribution in [0.15, 0.2) is 24.3 Å². The molecule has 1 aromatic rings. The van der Waals surface area contributed by atoms with E-state index >= 15 is 0 Å². The zero-order valence-electron chi connectivity index (χ0n) is 26.9. The summed E-state index contributed by atoms with van der Waals surface area (Å²) < 4.78 is 4.78. The largest absolute Gasteiger partial charge is 0.453 e. The number of para-hydroxylation sites is 1. The molecule has 1 saturated heterocycles. The number of piperidine rings is 1. The van der Waals surface area contributed by atoms with Crippen molar-refractivity contribution < 1.29 is 29.0 Å². The van der Waals surface area contributed by atoms with Gasteiger partial charge in [-0.05, 0) is 61.7 Å². The summed E-state index contributed by atoms with van der Waals surface area (Å²) in [7, 11) is 1.31. The lowest BCUT2D eigenvalue weighted by molar-refractivity contribution is -0.130. The average molecular weight is 617 g/mol. The van der Waals surface area contributed by atoms with Gasteiger partial charge in [-0.25, -0.2) is 4.79 Å². The number of alkyl carbamates (subject to hydrolysis) is 1. The standard InChI is InChI=1S/C32H52N6O6/c1-21(2)29(36-27(40)18-33)30(42)35-24(26(39)20-37-13-9-6-10-14-37)16-32(3,4)17-28(41)38-19-23(34-31(43)44-5)15-22-11-7-8-12-25(22)38/h7-8,11-12,21,23-24,26,29,39H,6,9-10,13-20,33H2,1-5H3,(H,34,43)(H,35,42)(H,36,40)/t23?,24-,26-,29-/m0/s1. The van der Waals surface area contributed by atoms with Gasteiger partial charge in [-0.15, -0.1) is 0 Å². The van der Waals surface area contributed by atoms with Gasteiger partial charge in [0.05, 0.1) is 31.8 Å². The number of carbonyl (C=O) groups excluding carboxylic acids is 4. The lowest BCUT2D eigenvalue weighted by atomic mass is 9.80. The number of hydrogen-bond acceptors (Lipinski definition) is 8. The second-order valence-corrected chi connectivity index (χ2v) is 13.3. The summed E-state index contributed by atoms with van der Waals surface area (Å²) in [6, 6.07) is 5.86. The summed E-state index contributed by atoms with van der Waals surface area (Å²) >= 11 is 0. The number of likely N-dealkylation sites (tertiary alicyclic amines) is 1. The predicted octanol–water partition coefficient (Wildman–Crippen LogP) is 1.54. The zero-order valence-corrected chi connectivity index (χ0v) is 26.9. The highest BCUT2D eigenvalue weighted by Crippen LogP contribution is 2.33. The molecule has 0 saturated carbocycles. The number of nitrogens with zero attached hydrogens (tertiary/aromatic N) is 2. The van der Waals surface area contributed by atoms with Gasteiger partial charge in [0.15, 0.2) is 0 Å². The van der Waals surface area contributed by atoms with Crippen LogP contribution in [0.1, 0.15) is 65.4 Å². The molecule has 1 fully saturated rings. The van der Waals surface area contributed by atoms with Gasteiger partial charge < -0.3 is 41.3 Å². The molecular formula is C32H52N6O6. The number of carbonyl (C=O) groups is 4. The Balaban J connectivity index is 1.79. The molecule has 6 N–H and O–H groups in total. The number of β-amino-alcohol motifs (C(OH)–C–C–N with tert-alkyl or cyclic N) is 1. The Morgan fingerprint density at radius 2 is 1.77 bits per heavy atom. The van der Waals surface area contributed by atoms with Crippen molar-refractivity contribution in [2.45, 2.75) is 90.4 Å². The fourth-order valence-corrected chi connectivity index (χ4v) is 6.18. The first-order valence-electron chi connectivity index (χ1n) is 15.8. The maximum absolute atomic E-state index is 13.9. The number of hydrogen-bond donors (Lipinski definition) is 5. The summed E-state index contributed by atoms with van der Waals surface area (Å²) in [6.07, 6.45) is 2.91. The summed E-state index contributed by atoms with van der Waals surface area (Å²) in [5.74, 6) is -1.15. The number of aliphatic hydroxyl groups is 1. The smallest absolute Gasteiger partial charge is 0.407 e. The zero-order chi connectivity index (χ0) is 32.4. The Morgan fingerprint density at radius 1 is 1.09 bits per heavy atom. The number of rotatable bonds is 13. The SMILES string of the molecule is COC(=O)NC1Cc2ccccc2N(C(=O)CC(C)(C)C[C@H](NC(=O)[C@@H](NC(=O)CN)C(C)C)[C@@H](O)CN2CCCCC2)C1. The van der Waals surface area contributed by atoms with Crippen molar-refractivity contribution in [1.29, 1.82) is 0 Å². The van der Waals surface area contributed by atoms with E-state index in [-0.39, 0.29) is 30.8 Å². The van der Waals surface area contributed by atoms with Gasteiger partial charge in [0.25, 0.3) is 0 Å². The number of ether oxygens (including phenoxy) is 1. The van der Waals surface area contributed by atoms with Crippen molar-refractivity contribution in [1.82, 2.24) is 20.9 Å². The molecule has 4 atom stereocenters. The van der Waals surface area contributed by atoms with E-state index in [4.69, 9.17) is 10.5 Å². The predicted molar refractivity (Wildman–Crippen MR) is 169 cm³/mol. The summed E-state index contributed by atoms with van der Waals surface area (Å²) in [6.45, 7) is 9.81. The Kier molecular flexibility index (Phi) is 13.0. The molecule has 1 unspecified atom stereocenters. The van der Waals surface area contributed by atoms with Crippen LogP contribution in [0, 0.1) is 11.3 Å². The molecule has 246 valence electrons. The monoisotopic (exact) mass is 616 g/mol. The highest BCUT2D eigenvalue weighted by atomic mass is 16.5. The van der Waals surface area contributed by atoms with Crippen molar-refractivity contribution in [3.8, 4) is 0 Å². The van der Waals surface area contributed by atoms with Gasteiger partial charge in [-0.1, -0.05) is 52.3 Å². The summed E-state index contributed by atoms with van der Waals surface area (Å²) in [5.41, 5.74) is 6.62. The van der Waals surface area contributed by atoms with Gasteiger partial charge in [-0.3, -0.25) is 14.4 Å². The number of methoxy groups -OCH3 is 1. The number of nitrogens with two attached hydrogens (primary N) is 1. The van der Waals surface area contributed by atoms with Crippen LogP contribution in [0.25, 0.3) is 0 Å². The topological polar surface area (TPSA) is 166 Å². The molecule has 0 aliphatic carbocycles. The van der Waals surface area contributed by atoms with E-state index in [0.717, 1.165) is 43.6 Å². The van der Waals surface area contributed by atoms with Crippen LogP contribution in [0.4, 0.5) is 10.5 Å². The maximum Gasteiger partial charge on any atom is 0.407 e.